The van der Waals surface area contributed by atoms with E-state index in [2.05, 4.69) is 20.9 Å². The summed E-state index contributed by atoms with van der Waals surface area (Å²) in [5.74, 6) is 0.355. The molecule has 2 aromatic carbocycles. The molecule has 1 aliphatic rings. The van der Waals surface area contributed by atoms with Crippen LogP contribution in [0.4, 0.5) is 9.59 Å². The normalized spacial score (nSPS) is 14.8. The molecule has 0 aromatic heterocycles. The smallest absolute Gasteiger partial charge is 0.437 e. The van der Waals surface area contributed by atoms with Crippen LogP contribution in [0.1, 0.15) is 36.1 Å². The van der Waals surface area contributed by atoms with Crippen LogP contribution in [0.15, 0.2) is 42.5 Å². The Morgan fingerprint density at radius 2 is 1.77 bits per heavy atom. The van der Waals surface area contributed by atoms with Gasteiger partial charge in [-0.15, -0.1) is 0 Å². The molecule has 2 aromatic rings. The summed E-state index contributed by atoms with van der Waals surface area (Å²) in [5.41, 5.74) is 1.99. The van der Waals surface area contributed by atoms with Crippen molar-refractivity contribution in [1.82, 2.24) is 5.32 Å². The van der Waals surface area contributed by atoms with E-state index in [1.54, 1.807) is 42.5 Å². The van der Waals surface area contributed by atoms with E-state index >= 15 is 0 Å². The van der Waals surface area contributed by atoms with Gasteiger partial charge in [0.25, 0.3) is 0 Å². The molecule has 11 heteroatoms. The van der Waals surface area contributed by atoms with Crippen molar-refractivity contribution in [2.75, 3.05) is 20.8 Å². The van der Waals surface area contributed by atoms with Gasteiger partial charge in [-0.25, -0.2) is 9.59 Å². The van der Waals surface area contributed by atoms with Crippen LogP contribution in [-0.4, -0.2) is 50.4 Å². The lowest BCUT2D eigenvalue weighted by Gasteiger charge is -2.22. The Morgan fingerprint density at radius 1 is 1.09 bits per heavy atom. The van der Waals surface area contributed by atoms with Crippen molar-refractivity contribution < 1.29 is 43.1 Å². The van der Waals surface area contributed by atoms with Gasteiger partial charge >= 0.3 is 18.5 Å². The number of nitrogens with one attached hydrogen (secondary N) is 1. The van der Waals surface area contributed by atoms with Crippen LogP contribution in [0.3, 0.4) is 0 Å². The topological polar surface area (TPSA) is 146 Å². The van der Waals surface area contributed by atoms with Crippen molar-refractivity contribution in [3.63, 3.8) is 0 Å². The molecule has 0 fully saturated rings. The van der Waals surface area contributed by atoms with E-state index < -0.39 is 24.6 Å². The Bertz CT molecular complexity index is 1080. The van der Waals surface area contributed by atoms with Crippen LogP contribution >= 0.6 is 0 Å². The molecule has 0 amide bonds. The molecular weight excluding hydrogens is 460 g/mol. The summed E-state index contributed by atoms with van der Waals surface area (Å²) in [6.45, 7) is 2.30. The van der Waals surface area contributed by atoms with Gasteiger partial charge in [0, 0.05) is 12.6 Å². The maximum Gasteiger partial charge on any atom is 0.620 e. The van der Waals surface area contributed by atoms with Crippen molar-refractivity contribution in [2.24, 2.45) is 0 Å². The molecule has 11 nitrogen and oxygen atoms in total. The van der Waals surface area contributed by atoms with Gasteiger partial charge in [-0.2, -0.15) is 5.26 Å². The van der Waals surface area contributed by atoms with E-state index in [-0.39, 0.29) is 17.5 Å². The van der Waals surface area contributed by atoms with Crippen LogP contribution in [0.2, 0.25) is 0 Å². The first kappa shape index (κ1) is 25.6. The first-order chi connectivity index (χ1) is 16.8. The summed E-state index contributed by atoms with van der Waals surface area (Å²) in [6, 6.07) is 13.9. The molecule has 2 atom stereocenters. The fraction of sp³-hybridized carbons (Fsp3) is 0.375. The first-order valence-corrected chi connectivity index (χ1v) is 10.8. The highest BCUT2D eigenvalue weighted by Crippen LogP contribution is 2.41. The van der Waals surface area contributed by atoms with E-state index in [9.17, 15) is 14.7 Å². The number of ether oxygens (including phenoxy) is 6. The minimum atomic E-state index is -2.52. The van der Waals surface area contributed by atoms with Crippen molar-refractivity contribution in [3.05, 3.63) is 59.2 Å². The summed E-state index contributed by atoms with van der Waals surface area (Å²) < 4.78 is 29.6. The number of aliphatic hydroxyl groups excluding tert-OH is 1. The maximum atomic E-state index is 11.6. The summed E-state index contributed by atoms with van der Waals surface area (Å²) in [6.07, 6.45) is -4.36. The van der Waals surface area contributed by atoms with Gasteiger partial charge in [-0.3, -0.25) is 0 Å². The highest BCUT2D eigenvalue weighted by molar-refractivity contribution is 5.63. The number of rotatable bonds is 9. The zero-order valence-corrected chi connectivity index (χ0v) is 19.5. The lowest BCUT2D eigenvalue weighted by Crippen LogP contribution is -2.47. The van der Waals surface area contributed by atoms with E-state index in [1.165, 1.54) is 0 Å². The van der Waals surface area contributed by atoms with E-state index in [1.807, 2.05) is 6.92 Å². The van der Waals surface area contributed by atoms with Crippen molar-refractivity contribution in [3.8, 4) is 17.6 Å². The zero-order chi connectivity index (χ0) is 25.4. The minimum absolute atomic E-state index is 0.00608. The number of nitriles is 1. The minimum Gasteiger partial charge on any atom is -0.437 e. The summed E-state index contributed by atoms with van der Waals surface area (Å²) >= 11 is 0. The molecule has 35 heavy (non-hydrogen) atoms. The van der Waals surface area contributed by atoms with Crippen LogP contribution in [-0.2, 0) is 25.4 Å². The fourth-order valence-corrected chi connectivity index (χ4v) is 3.38. The molecule has 1 aliphatic heterocycles. The molecule has 0 saturated heterocycles. The third-order valence-corrected chi connectivity index (χ3v) is 5.20. The molecule has 1 heterocycles. The molecule has 0 saturated carbocycles. The van der Waals surface area contributed by atoms with Crippen LogP contribution in [0, 0.1) is 11.3 Å². The number of nitrogens with zero attached hydrogens (tertiary/aromatic N) is 1. The number of fused-ring (bicyclic) bond motifs is 1. The van der Waals surface area contributed by atoms with Crippen LogP contribution in [0.5, 0.6) is 11.5 Å². The zero-order valence-electron chi connectivity index (χ0n) is 19.5. The lowest BCUT2D eigenvalue weighted by molar-refractivity contribution is -0.384. The number of carbonyl (C=O) groups is 2. The summed E-state index contributed by atoms with van der Waals surface area (Å²) in [4.78, 5) is 23.3. The summed E-state index contributed by atoms with van der Waals surface area (Å²) in [5, 5.41) is 22.9. The standard InChI is InChI=1S/C24H26N2O9/c1-4-18(26-14-19(27)17-7-5-6-16(10-17)13-25)11-15-8-9-20-21(12-15)33-24(32-20,34-22(28)30-2)35-23(29)31-3/h5-10,12,18-19,26-27H,4,11,14H2,1-3H3. The van der Waals surface area contributed by atoms with E-state index in [0.717, 1.165) is 26.2 Å². The average Bonchev–Trinajstić information content (AvgIpc) is 3.22. The van der Waals surface area contributed by atoms with Gasteiger partial charge in [0.15, 0.2) is 11.5 Å². The van der Waals surface area contributed by atoms with E-state index in [4.69, 9.17) is 24.2 Å². The van der Waals surface area contributed by atoms with Gasteiger partial charge < -0.3 is 38.8 Å². The van der Waals surface area contributed by atoms with Crippen molar-refractivity contribution in [1.29, 1.82) is 5.26 Å². The number of hydrogen-bond acceptors (Lipinski definition) is 11. The average molecular weight is 486 g/mol. The third-order valence-electron chi connectivity index (χ3n) is 5.20. The molecule has 0 radical (unpaired) electrons. The number of benzene rings is 2. The Hall–Kier alpha value is -4.01. The number of methoxy groups -OCH3 is 2. The molecule has 186 valence electrons. The Labute approximate surface area is 202 Å². The Balaban J connectivity index is 1.66. The molecule has 0 bridgehead atoms. The third kappa shape index (κ3) is 6.53. The predicted molar refractivity (Wildman–Crippen MR) is 119 cm³/mol. The van der Waals surface area contributed by atoms with Gasteiger partial charge in [0.05, 0.1) is 32.0 Å². The second kappa shape index (κ2) is 11.4. The van der Waals surface area contributed by atoms with Crippen molar-refractivity contribution >= 4 is 12.3 Å². The SMILES string of the molecule is CCC(Cc1ccc2c(c1)OC(OC(=O)OC)(OC(=O)OC)O2)NCC(O)c1cccc(C#N)c1. The fourth-order valence-electron chi connectivity index (χ4n) is 3.38. The Morgan fingerprint density at radius 3 is 2.40 bits per heavy atom. The highest BCUT2D eigenvalue weighted by atomic mass is 17.1. The predicted octanol–water partition coefficient (Wildman–Crippen LogP) is 3.15. The molecular formula is C24H26N2O9. The number of aliphatic hydroxyl groups is 1. The lowest BCUT2D eigenvalue weighted by atomic mass is 10.0. The molecule has 2 N–H and O–H groups in total. The molecule has 0 spiro atoms. The molecule has 0 aliphatic carbocycles. The number of carbonyl (C=O) groups excluding carboxylic acids is 2. The van der Waals surface area contributed by atoms with Gasteiger partial charge in [0.2, 0.25) is 0 Å². The van der Waals surface area contributed by atoms with Crippen LogP contribution in [0.25, 0.3) is 0 Å². The van der Waals surface area contributed by atoms with Crippen molar-refractivity contribution in [2.45, 2.75) is 38.1 Å². The number of hydrogen-bond donors (Lipinski definition) is 2. The van der Waals surface area contributed by atoms with Gasteiger partial charge in [-0.1, -0.05) is 25.1 Å². The first-order valence-electron chi connectivity index (χ1n) is 10.8. The largest absolute Gasteiger partial charge is 0.620 e. The molecule has 3 rings (SSSR count). The monoisotopic (exact) mass is 486 g/mol. The maximum absolute atomic E-state index is 11.6. The van der Waals surface area contributed by atoms with Gasteiger partial charge in [0.1, 0.15) is 0 Å². The second-order valence-corrected chi connectivity index (χ2v) is 7.57. The van der Waals surface area contributed by atoms with Gasteiger partial charge in [-0.05, 0) is 48.2 Å². The van der Waals surface area contributed by atoms with E-state index in [0.29, 0.717) is 24.1 Å². The highest BCUT2D eigenvalue weighted by Gasteiger charge is 2.53. The summed E-state index contributed by atoms with van der Waals surface area (Å²) in [7, 11) is 2.15. The molecule has 2 unspecified atom stereocenters. The second-order valence-electron chi connectivity index (χ2n) is 7.57. The quantitative estimate of drug-likeness (QED) is 0.398. The van der Waals surface area contributed by atoms with Crippen LogP contribution < -0.4 is 14.8 Å². The Kier molecular flexibility index (Phi) is 8.35.